The van der Waals surface area contributed by atoms with Crippen LogP contribution in [0.2, 0.25) is 0 Å². The summed E-state index contributed by atoms with van der Waals surface area (Å²) in [6, 6.07) is 5.53. The summed E-state index contributed by atoms with van der Waals surface area (Å²) in [6.07, 6.45) is 7.33. The van der Waals surface area contributed by atoms with Gasteiger partial charge in [-0.05, 0) is 12.1 Å². The zero-order valence-electron chi connectivity index (χ0n) is 18.8. The first-order chi connectivity index (χ1) is 17.6. The molecule has 0 spiro atoms. The molecule has 0 unspecified atom stereocenters. The number of aromatic amines is 2. The zero-order valence-corrected chi connectivity index (χ0v) is 18.8. The highest BCUT2D eigenvalue weighted by Crippen LogP contribution is 2.30. The lowest BCUT2D eigenvalue weighted by atomic mass is 10.1. The fraction of sp³-hybridized carbons (Fsp3) is 0.182. The molecule has 0 atom stereocenters. The summed E-state index contributed by atoms with van der Waals surface area (Å²) in [6.45, 7) is 1.49. The number of hydrogen-bond acceptors (Lipinski definition) is 10. The average Bonchev–Trinajstić information content (AvgIpc) is 3.70. The molecule has 4 N–H and O–H groups in total. The van der Waals surface area contributed by atoms with E-state index in [4.69, 9.17) is 0 Å². The number of nitrogens with one attached hydrogen (secondary N) is 4. The number of hydrazine groups is 2. The lowest BCUT2D eigenvalue weighted by Gasteiger charge is -2.34. The lowest BCUT2D eigenvalue weighted by Crippen LogP contribution is -2.50. The van der Waals surface area contributed by atoms with E-state index in [2.05, 4.69) is 41.3 Å². The normalized spacial score (nSPS) is 15.5. The van der Waals surface area contributed by atoms with Crippen LogP contribution in [0.4, 0.5) is 16.0 Å². The number of hydrogen-bond donors (Lipinski definition) is 4. The summed E-state index contributed by atoms with van der Waals surface area (Å²) in [5, 5.41) is 12.6. The second-order valence-corrected chi connectivity index (χ2v) is 8.14. The molecule has 1 amide bonds. The van der Waals surface area contributed by atoms with Crippen molar-refractivity contribution in [3.8, 4) is 11.4 Å². The number of piperazine rings is 1. The van der Waals surface area contributed by atoms with Crippen molar-refractivity contribution in [1.82, 2.24) is 46.2 Å². The van der Waals surface area contributed by atoms with Crippen molar-refractivity contribution >= 4 is 34.2 Å². The van der Waals surface area contributed by atoms with Gasteiger partial charge in [0, 0.05) is 51.0 Å². The van der Waals surface area contributed by atoms with Gasteiger partial charge in [0.25, 0.3) is 11.7 Å². The summed E-state index contributed by atoms with van der Waals surface area (Å²) >= 11 is 0. The van der Waals surface area contributed by atoms with Gasteiger partial charge in [0.05, 0.1) is 28.4 Å². The van der Waals surface area contributed by atoms with Crippen molar-refractivity contribution in [2.24, 2.45) is 0 Å². The molecule has 1 saturated heterocycles. The summed E-state index contributed by atoms with van der Waals surface area (Å²) in [5.41, 5.74) is 7.14. The van der Waals surface area contributed by atoms with E-state index in [-0.39, 0.29) is 10.9 Å². The lowest BCUT2D eigenvalue weighted by molar-refractivity contribution is -0.126. The van der Waals surface area contributed by atoms with Gasteiger partial charge in [-0.25, -0.2) is 14.4 Å². The van der Waals surface area contributed by atoms with E-state index in [0.29, 0.717) is 54.7 Å². The van der Waals surface area contributed by atoms with Crippen LogP contribution >= 0.6 is 0 Å². The first kappa shape index (κ1) is 21.7. The van der Waals surface area contributed by atoms with Crippen molar-refractivity contribution in [3.63, 3.8) is 0 Å². The summed E-state index contributed by atoms with van der Waals surface area (Å²) < 4.78 is 14.7. The van der Waals surface area contributed by atoms with E-state index in [1.807, 2.05) is 23.1 Å². The Morgan fingerprint density at radius 3 is 2.64 bits per heavy atom. The Bertz CT molecular complexity index is 1470. The molecule has 0 radical (unpaired) electrons. The highest BCUT2D eigenvalue weighted by molar-refractivity contribution is 6.45. The number of H-pyrrole nitrogens is 2. The monoisotopic (exact) mass is 489 g/mol. The van der Waals surface area contributed by atoms with Gasteiger partial charge in [-0.15, -0.1) is 10.6 Å². The highest BCUT2D eigenvalue weighted by atomic mass is 19.1. The Hall–Kier alpha value is -4.85. The maximum absolute atomic E-state index is 14.7. The highest BCUT2D eigenvalue weighted by Gasteiger charge is 2.31. The Morgan fingerprint density at radius 2 is 1.89 bits per heavy atom. The van der Waals surface area contributed by atoms with E-state index in [1.165, 1.54) is 16.1 Å². The molecule has 13 nitrogen and oxygen atoms in total. The van der Waals surface area contributed by atoms with Gasteiger partial charge in [0.15, 0.2) is 23.1 Å². The second-order valence-electron chi connectivity index (χ2n) is 8.14. The van der Waals surface area contributed by atoms with Crippen LogP contribution in [0.25, 0.3) is 22.3 Å². The van der Waals surface area contributed by atoms with E-state index in [0.717, 1.165) is 6.20 Å². The predicted octanol–water partition coefficient (Wildman–Crippen LogP) is 0.714. The third-order valence-electron chi connectivity index (χ3n) is 6.11. The first-order valence-corrected chi connectivity index (χ1v) is 11.1. The van der Waals surface area contributed by atoms with E-state index >= 15 is 0 Å². The van der Waals surface area contributed by atoms with E-state index < -0.39 is 17.5 Å². The fourth-order valence-corrected chi connectivity index (χ4v) is 4.34. The topological polar surface area (TPSA) is 151 Å². The molecule has 6 heterocycles. The molecule has 0 aliphatic carbocycles. The summed E-state index contributed by atoms with van der Waals surface area (Å²) in [7, 11) is 0. The number of amides is 1. The maximum Gasteiger partial charge on any atom is 0.295 e. The van der Waals surface area contributed by atoms with Crippen LogP contribution < -0.4 is 20.9 Å². The molecule has 0 bridgehead atoms. The minimum absolute atomic E-state index is 0.0155. The standard InChI is InChI=1S/C22H20FN11O2/c23-14-12-26-20(34-6-5-27-31-34)18-16(14)13(11-25-18)19(35)22(36)33-9-7-32(8-10-33)21-17(28-30-29-21)15-3-1-2-4-24-15/h1-6,11-12,25,27,31H,7-10H2,(H,28,29,30). The van der Waals surface area contributed by atoms with Gasteiger partial charge in [-0.3, -0.25) is 14.6 Å². The van der Waals surface area contributed by atoms with Crippen LogP contribution in [0.5, 0.6) is 0 Å². The largest absolute Gasteiger partial charge is 0.357 e. The van der Waals surface area contributed by atoms with Crippen LogP contribution in [0.3, 0.4) is 0 Å². The predicted molar refractivity (Wildman–Crippen MR) is 127 cm³/mol. The number of pyridine rings is 2. The van der Waals surface area contributed by atoms with Crippen LogP contribution in [-0.2, 0) is 4.79 Å². The van der Waals surface area contributed by atoms with Gasteiger partial charge < -0.3 is 20.2 Å². The van der Waals surface area contributed by atoms with E-state index in [1.54, 1.807) is 18.6 Å². The van der Waals surface area contributed by atoms with Crippen LogP contribution in [0.15, 0.2) is 49.2 Å². The molecule has 182 valence electrons. The van der Waals surface area contributed by atoms with Crippen molar-refractivity contribution in [2.45, 2.75) is 0 Å². The number of carbonyl (C=O) groups excluding carboxylic acids is 2. The van der Waals surface area contributed by atoms with Gasteiger partial charge in [0.1, 0.15) is 0 Å². The number of nitrogens with zero attached hydrogens (tertiary/aromatic N) is 7. The molecule has 4 aromatic rings. The van der Waals surface area contributed by atoms with Crippen LogP contribution in [0, 0.1) is 5.82 Å². The van der Waals surface area contributed by atoms with Crippen molar-refractivity contribution in [2.75, 3.05) is 36.1 Å². The minimum Gasteiger partial charge on any atom is -0.357 e. The first-order valence-electron chi connectivity index (χ1n) is 11.1. The molecule has 4 aromatic heterocycles. The smallest absolute Gasteiger partial charge is 0.295 e. The Labute approximate surface area is 202 Å². The van der Waals surface area contributed by atoms with Gasteiger partial charge in [-0.1, -0.05) is 6.07 Å². The molecular weight excluding hydrogens is 469 g/mol. The van der Waals surface area contributed by atoms with Crippen molar-refractivity contribution in [3.05, 3.63) is 60.6 Å². The fourth-order valence-electron chi connectivity index (χ4n) is 4.34. The molecule has 6 rings (SSSR count). The SMILES string of the molecule is O=C(C(=O)N1CCN(c2n[nH]nc2-c2ccccn2)CC1)c1c[nH]c2c(N3C=CNN3)ncc(F)c12. The molecule has 0 aromatic carbocycles. The molecule has 1 fully saturated rings. The van der Waals surface area contributed by atoms with Crippen molar-refractivity contribution < 1.29 is 14.0 Å². The Kier molecular flexibility index (Phi) is 5.26. The number of rotatable bonds is 5. The number of carbonyl (C=O) groups is 2. The molecular formula is C22H20FN11O2. The maximum atomic E-state index is 14.7. The van der Waals surface area contributed by atoms with E-state index in [9.17, 15) is 14.0 Å². The number of halogens is 1. The van der Waals surface area contributed by atoms with Gasteiger partial charge in [-0.2, -0.15) is 10.3 Å². The number of aromatic nitrogens is 6. The quantitative estimate of drug-likeness (QED) is 0.233. The molecule has 0 saturated carbocycles. The minimum atomic E-state index is -0.788. The van der Waals surface area contributed by atoms with Gasteiger partial charge >= 0.3 is 0 Å². The van der Waals surface area contributed by atoms with Crippen LogP contribution in [0.1, 0.15) is 10.4 Å². The Morgan fingerprint density at radius 1 is 1.03 bits per heavy atom. The third kappa shape index (κ3) is 3.60. The Balaban J connectivity index is 1.19. The second kappa shape index (κ2) is 8.74. The molecule has 14 heteroatoms. The average molecular weight is 489 g/mol. The van der Waals surface area contributed by atoms with Crippen molar-refractivity contribution in [1.29, 1.82) is 0 Å². The summed E-state index contributed by atoms with van der Waals surface area (Å²) in [5.74, 6) is -1.20. The zero-order chi connectivity index (χ0) is 24.6. The number of fused-ring (bicyclic) bond motifs is 1. The number of Topliss-reactive ketones (excluding diaryl/α,β-unsaturated/α-hetero) is 1. The molecule has 36 heavy (non-hydrogen) atoms. The number of ketones is 1. The third-order valence-corrected chi connectivity index (χ3v) is 6.11. The van der Waals surface area contributed by atoms with Crippen LogP contribution in [-0.4, -0.2) is 73.1 Å². The molecule has 2 aliphatic rings. The number of anilines is 2. The summed E-state index contributed by atoms with van der Waals surface area (Å²) in [4.78, 5) is 41.0. The molecule has 2 aliphatic heterocycles. The van der Waals surface area contributed by atoms with Gasteiger partial charge in [0.2, 0.25) is 0 Å².